The highest BCUT2D eigenvalue weighted by atomic mass is 32.2. The van der Waals surface area contributed by atoms with Gasteiger partial charge >= 0.3 is 0 Å². The van der Waals surface area contributed by atoms with Crippen LogP contribution in [0.25, 0.3) is 5.65 Å². The summed E-state index contributed by atoms with van der Waals surface area (Å²) in [5, 5.41) is 2.86. The van der Waals surface area contributed by atoms with Gasteiger partial charge in [-0.1, -0.05) is 6.07 Å². The topological polar surface area (TPSA) is 55.6 Å². The van der Waals surface area contributed by atoms with Crippen molar-refractivity contribution >= 4 is 23.3 Å². The van der Waals surface area contributed by atoms with Crippen molar-refractivity contribution in [2.75, 3.05) is 25.2 Å². The first-order chi connectivity index (χ1) is 9.29. The van der Waals surface area contributed by atoms with Crippen LogP contribution in [-0.2, 0) is 16.1 Å². The van der Waals surface area contributed by atoms with E-state index in [2.05, 4.69) is 10.3 Å². The third-order valence-corrected chi connectivity index (χ3v) is 3.47. The zero-order chi connectivity index (χ0) is 13.5. The zero-order valence-electron chi connectivity index (χ0n) is 10.8. The number of pyridine rings is 1. The quantitative estimate of drug-likeness (QED) is 0.777. The Kier molecular flexibility index (Phi) is 5.23. The Morgan fingerprint density at radius 1 is 1.53 bits per heavy atom. The van der Waals surface area contributed by atoms with E-state index >= 15 is 0 Å². The molecule has 0 fully saturated rings. The fourth-order valence-electron chi connectivity index (χ4n) is 1.62. The van der Waals surface area contributed by atoms with Gasteiger partial charge in [-0.05, 0) is 12.1 Å². The normalized spacial score (nSPS) is 10.8. The smallest absolute Gasteiger partial charge is 0.230 e. The van der Waals surface area contributed by atoms with Crippen LogP contribution in [0.15, 0.2) is 30.6 Å². The van der Waals surface area contributed by atoms with Crippen LogP contribution >= 0.6 is 11.8 Å². The summed E-state index contributed by atoms with van der Waals surface area (Å²) in [6.45, 7) is 1.13. The molecular weight excluding hydrogens is 262 g/mol. The Bertz CT molecular complexity index is 508. The van der Waals surface area contributed by atoms with Crippen LogP contribution in [0.2, 0.25) is 0 Å². The lowest BCUT2D eigenvalue weighted by molar-refractivity contribution is -0.118. The van der Waals surface area contributed by atoms with Crippen LogP contribution in [-0.4, -0.2) is 40.5 Å². The van der Waals surface area contributed by atoms with Crippen molar-refractivity contribution in [3.8, 4) is 0 Å². The lowest BCUT2D eigenvalue weighted by Crippen LogP contribution is -2.25. The van der Waals surface area contributed by atoms with E-state index in [1.54, 1.807) is 18.9 Å². The lowest BCUT2D eigenvalue weighted by atomic mass is 10.4. The van der Waals surface area contributed by atoms with Crippen molar-refractivity contribution < 1.29 is 9.53 Å². The van der Waals surface area contributed by atoms with Gasteiger partial charge in [0.15, 0.2) is 0 Å². The van der Waals surface area contributed by atoms with Crippen LogP contribution in [0.1, 0.15) is 5.69 Å². The molecule has 19 heavy (non-hydrogen) atoms. The minimum absolute atomic E-state index is 0.0261. The monoisotopic (exact) mass is 279 g/mol. The number of ether oxygens (including phenoxy) is 1. The van der Waals surface area contributed by atoms with Crippen molar-refractivity contribution in [2.45, 2.75) is 6.54 Å². The number of carbonyl (C=O) groups is 1. The summed E-state index contributed by atoms with van der Waals surface area (Å²) >= 11 is 1.56. The molecule has 0 radical (unpaired) electrons. The molecule has 5 nitrogen and oxygen atoms in total. The van der Waals surface area contributed by atoms with Gasteiger partial charge in [-0.3, -0.25) is 4.79 Å². The molecule has 0 spiro atoms. The van der Waals surface area contributed by atoms with E-state index in [0.717, 1.165) is 17.1 Å². The van der Waals surface area contributed by atoms with Gasteiger partial charge in [-0.2, -0.15) is 0 Å². The highest BCUT2D eigenvalue weighted by Crippen LogP contribution is 2.04. The molecule has 0 aliphatic heterocycles. The molecule has 0 bridgehead atoms. The van der Waals surface area contributed by atoms with Crippen molar-refractivity contribution in [1.29, 1.82) is 0 Å². The first-order valence-corrected chi connectivity index (χ1v) is 7.21. The molecule has 1 amide bonds. The molecule has 2 aromatic heterocycles. The second kappa shape index (κ2) is 7.16. The number of fused-ring (bicyclic) bond motifs is 1. The minimum Gasteiger partial charge on any atom is -0.384 e. The van der Waals surface area contributed by atoms with E-state index in [0.29, 0.717) is 18.9 Å². The number of methoxy groups -OCH3 is 1. The Labute approximate surface area is 116 Å². The number of carbonyl (C=O) groups excluding carboxylic acids is 1. The number of hydrogen-bond donors (Lipinski definition) is 1. The van der Waals surface area contributed by atoms with Crippen molar-refractivity contribution in [2.24, 2.45) is 0 Å². The maximum Gasteiger partial charge on any atom is 0.230 e. The van der Waals surface area contributed by atoms with Gasteiger partial charge in [-0.25, -0.2) is 4.98 Å². The summed E-state index contributed by atoms with van der Waals surface area (Å²) in [6, 6.07) is 5.83. The highest BCUT2D eigenvalue weighted by Gasteiger charge is 2.04. The van der Waals surface area contributed by atoms with E-state index < -0.39 is 0 Å². The average Bonchev–Trinajstić information content (AvgIpc) is 2.84. The number of thioether (sulfide) groups is 1. The predicted octanol–water partition coefficient (Wildman–Crippen LogP) is 1.33. The Morgan fingerprint density at radius 3 is 3.21 bits per heavy atom. The molecule has 1 N–H and O–H groups in total. The maximum atomic E-state index is 11.6. The molecule has 6 heteroatoms. The number of amides is 1. The average molecular weight is 279 g/mol. The molecular formula is C13H17N3O2S. The predicted molar refractivity (Wildman–Crippen MR) is 76.2 cm³/mol. The number of imidazole rings is 1. The molecule has 0 aliphatic rings. The van der Waals surface area contributed by atoms with Gasteiger partial charge in [0.2, 0.25) is 5.91 Å². The summed E-state index contributed by atoms with van der Waals surface area (Å²) < 4.78 is 6.86. The summed E-state index contributed by atoms with van der Waals surface area (Å²) in [5.74, 6) is 1.31. The molecule has 2 aromatic rings. The standard InChI is InChI=1S/C13H17N3O2S/c1-18-6-7-19-10-13(17)14-8-11-9-16-5-3-2-4-12(16)15-11/h2-5,9H,6-8,10H2,1H3,(H,14,17). The fraction of sp³-hybridized carbons (Fsp3) is 0.385. The van der Waals surface area contributed by atoms with Gasteiger partial charge in [0.05, 0.1) is 24.6 Å². The number of nitrogens with zero attached hydrogens (tertiary/aromatic N) is 2. The first kappa shape index (κ1) is 13.9. The van der Waals surface area contributed by atoms with Gasteiger partial charge in [0.1, 0.15) is 5.65 Å². The number of hydrogen-bond acceptors (Lipinski definition) is 4. The summed E-state index contributed by atoms with van der Waals surface area (Å²) in [6.07, 6.45) is 3.86. The van der Waals surface area contributed by atoms with Gasteiger partial charge in [0.25, 0.3) is 0 Å². The van der Waals surface area contributed by atoms with E-state index in [1.807, 2.05) is 35.0 Å². The number of rotatable bonds is 7. The lowest BCUT2D eigenvalue weighted by Gasteiger charge is -2.02. The second-order valence-corrected chi connectivity index (χ2v) is 5.13. The Morgan fingerprint density at radius 2 is 2.42 bits per heavy atom. The first-order valence-electron chi connectivity index (χ1n) is 6.05. The van der Waals surface area contributed by atoms with E-state index in [-0.39, 0.29) is 5.91 Å². The largest absolute Gasteiger partial charge is 0.384 e. The van der Waals surface area contributed by atoms with Crippen LogP contribution < -0.4 is 5.32 Å². The Balaban J connectivity index is 1.77. The molecule has 0 saturated carbocycles. The van der Waals surface area contributed by atoms with Crippen LogP contribution in [0.5, 0.6) is 0 Å². The second-order valence-electron chi connectivity index (χ2n) is 4.02. The summed E-state index contributed by atoms with van der Waals surface area (Å²) in [5.41, 5.74) is 1.75. The van der Waals surface area contributed by atoms with Gasteiger partial charge in [0, 0.05) is 25.3 Å². The summed E-state index contributed by atoms with van der Waals surface area (Å²) in [7, 11) is 1.66. The van der Waals surface area contributed by atoms with Crippen molar-refractivity contribution in [1.82, 2.24) is 14.7 Å². The number of nitrogens with one attached hydrogen (secondary N) is 1. The Hall–Kier alpha value is -1.53. The van der Waals surface area contributed by atoms with Crippen LogP contribution in [0.4, 0.5) is 0 Å². The molecule has 0 aliphatic carbocycles. The van der Waals surface area contributed by atoms with Crippen LogP contribution in [0.3, 0.4) is 0 Å². The number of aromatic nitrogens is 2. The molecule has 0 saturated heterocycles. The van der Waals surface area contributed by atoms with E-state index in [9.17, 15) is 4.79 Å². The molecule has 0 aromatic carbocycles. The zero-order valence-corrected chi connectivity index (χ0v) is 11.7. The molecule has 2 rings (SSSR count). The molecule has 2 heterocycles. The van der Waals surface area contributed by atoms with Gasteiger partial charge < -0.3 is 14.5 Å². The molecule has 0 unspecified atom stereocenters. The fourth-order valence-corrected chi connectivity index (χ4v) is 2.34. The van der Waals surface area contributed by atoms with Crippen molar-refractivity contribution in [3.63, 3.8) is 0 Å². The molecule has 0 atom stereocenters. The minimum atomic E-state index is 0.0261. The summed E-state index contributed by atoms with van der Waals surface area (Å²) in [4.78, 5) is 16.0. The van der Waals surface area contributed by atoms with Crippen molar-refractivity contribution in [3.05, 3.63) is 36.3 Å². The maximum absolute atomic E-state index is 11.6. The third-order valence-electron chi connectivity index (χ3n) is 2.55. The van der Waals surface area contributed by atoms with E-state index in [1.165, 1.54) is 0 Å². The third kappa shape index (κ3) is 4.25. The molecule has 102 valence electrons. The van der Waals surface area contributed by atoms with Gasteiger partial charge in [-0.15, -0.1) is 11.8 Å². The highest BCUT2D eigenvalue weighted by molar-refractivity contribution is 7.99. The SMILES string of the molecule is COCCSCC(=O)NCc1cn2ccccc2n1. The van der Waals surface area contributed by atoms with E-state index in [4.69, 9.17) is 4.74 Å². The van der Waals surface area contributed by atoms with Crippen LogP contribution in [0, 0.1) is 0 Å².